The highest BCUT2D eigenvalue weighted by molar-refractivity contribution is 7.97. The summed E-state index contributed by atoms with van der Waals surface area (Å²) in [7, 11) is 0. The molecule has 0 aliphatic carbocycles. The molecular formula is C20H24N8OS. The molecule has 1 aromatic carbocycles. The van der Waals surface area contributed by atoms with Gasteiger partial charge in [-0.25, -0.2) is 4.98 Å². The Hall–Kier alpha value is -3.24. The monoisotopic (exact) mass is 424 g/mol. The van der Waals surface area contributed by atoms with Crippen molar-refractivity contribution in [1.29, 1.82) is 0 Å². The molecule has 0 radical (unpaired) electrons. The van der Waals surface area contributed by atoms with Crippen molar-refractivity contribution in [3.63, 3.8) is 0 Å². The quantitative estimate of drug-likeness (QED) is 0.450. The maximum Gasteiger partial charge on any atom is 0.243 e. The lowest BCUT2D eigenvalue weighted by molar-refractivity contribution is -0.120. The van der Waals surface area contributed by atoms with Crippen LogP contribution in [0.25, 0.3) is 5.82 Å². The Morgan fingerprint density at radius 1 is 1.30 bits per heavy atom. The van der Waals surface area contributed by atoms with Crippen molar-refractivity contribution in [3.8, 4) is 0 Å². The molecule has 1 aliphatic rings. The molecule has 0 fully saturated rings. The van der Waals surface area contributed by atoms with Crippen LogP contribution in [0, 0.1) is 6.92 Å². The number of benzene rings is 1. The van der Waals surface area contributed by atoms with Crippen molar-refractivity contribution in [2.24, 2.45) is 5.73 Å². The van der Waals surface area contributed by atoms with E-state index in [1.165, 1.54) is 0 Å². The number of imidazole rings is 1. The topological polar surface area (TPSA) is 117 Å². The highest BCUT2D eigenvalue weighted by atomic mass is 32.2. The third kappa shape index (κ3) is 4.50. The molecule has 4 rings (SSSR count). The van der Waals surface area contributed by atoms with Crippen LogP contribution < -0.4 is 16.4 Å². The van der Waals surface area contributed by atoms with E-state index >= 15 is 0 Å². The summed E-state index contributed by atoms with van der Waals surface area (Å²) in [5, 5.41) is 13.3. The average molecular weight is 425 g/mol. The third-order valence-electron chi connectivity index (χ3n) is 4.42. The number of rotatable bonds is 6. The molecule has 0 unspecified atom stereocenters. The Kier molecular flexibility index (Phi) is 5.27. The number of anilines is 2. The summed E-state index contributed by atoms with van der Waals surface area (Å²) in [5.41, 5.74) is 6.60. The summed E-state index contributed by atoms with van der Waals surface area (Å²) >= 11 is 1.58. The zero-order valence-corrected chi connectivity index (χ0v) is 17.8. The zero-order chi connectivity index (χ0) is 21.3. The van der Waals surface area contributed by atoms with Gasteiger partial charge in [-0.1, -0.05) is 0 Å². The van der Waals surface area contributed by atoms with Crippen LogP contribution in [0.15, 0.2) is 53.8 Å². The number of fused-ring (bicyclic) bond motifs is 1. The number of nitrogens with two attached hydrogens (primary N) is 1. The SMILES string of the molecule is Cc1cc(NC2=CN(Sc3ccc(NC(=O)C(C)(C)N)cc3)Cc3nccn32)n[nH]1. The largest absolute Gasteiger partial charge is 0.325 e. The minimum absolute atomic E-state index is 0.224. The summed E-state index contributed by atoms with van der Waals surface area (Å²) in [4.78, 5) is 17.5. The van der Waals surface area contributed by atoms with Crippen LogP contribution in [-0.4, -0.2) is 35.5 Å². The normalized spacial score (nSPS) is 13.6. The van der Waals surface area contributed by atoms with E-state index in [1.807, 2.05) is 54.2 Å². The molecule has 10 heteroatoms. The molecule has 1 amide bonds. The molecule has 30 heavy (non-hydrogen) atoms. The molecule has 0 bridgehead atoms. The van der Waals surface area contributed by atoms with E-state index in [0.29, 0.717) is 12.2 Å². The lowest BCUT2D eigenvalue weighted by Crippen LogP contribution is -2.45. The zero-order valence-electron chi connectivity index (χ0n) is 17.0. The van der Waals surface area contributed by atoms with Gasteiger partial charge in [0.15, 0.2) is 5.82 Å². The fraction of sp³-hybridized carbons (Fsp3) is 0.250. The second-order valence-corrected chi connectivity index (χ2v) is 8.78. The van der Waals surface area contributed by atoms with Gasteiger partial charge in [-0.2, -0.15) is 5.10 Å². The first-order valence-corrected chi connectivity index (χ1v) is 10.2. The van der Waals surface area contributed by atoms with Crippen LogP contribution in [0.5, 0.6) is 0 Å². The molecule has 0 spiro atoms. The molecule has 1 aliphatic heterocycles. The molecule has 0 atom stereocenters. The van der Waals surface area contributed by atoms with Crippen LogP contribution in [0.4, 0.5) is 11.5 Å². The number of nitrogens with one attached hydrogen (secondary N) is 3. The van der Waals surface area contributed by atoms with Gasteiger partial charge in [-0.15, -0.1) is 0 Å². The highest BCUT2D eigenvalue weighted by Gasteiger charge is 2.22. The van der Waals surface area contributed by atoms with E-state index in [4.69, 9.17) is 5.73 Å². The number of nitrogens with zero attached hydrogens (tertiary/aromatic N) is 4. The van der Waals surface area contributed by atoms with Crippen LogP contribution in [0.2, 0.25) is 0 Å². The summed E-state index contributed by atoms with van der Waals surface area (Å²) < 4.78 is 4.11. The van der Waals surface area contributed by atoms with Gasteiger partial charge >= 0.3 is 0 Å². The van der Waals surface area contributed by atoms with Crippen molar-refractivity contribution in [2.75, 3.05) is 10.6 Å². The number of amides is 1. The van der Waals surface area contributed by atoms with Gasteiger partial charge in [0.05, 0.1) is 18.3 Å². The van der Waals surface area contributed by atoms with Crippen molar-refractivity contribution in [2.45, 2.75) is 37.8 Å². The van der Waals surface area contributed by atoms with Crippen LogP contribution in [-0.2, 0) is 11.3 Å². The number of carbonyl (C=O) groups is 1. The number of H-pyrrole nitrogens is 1. The first kappa shape index (κ1) is 20.0. The van der Waals surface area contributed by atoms with Crippen LogP contribution in [0.3, 0.4) is 0 Å². The first-order valence-electron chi connectivity index (χ1n) is 9.46. The maximum absolute atomic E-state index is 12.0. The van der Waals surface area contributed by atoms with Gasteiger partial charge in [-0.05, 0) is 57.0 Å². The lowest BCUT2D eigenvalue weighted by Gasteiger charge is -2.26. The Bertz CT molecular complexity index is 1080. The number of hydrogen-bond acceptors (Lipinski definition) is 7. The van der Waals surface area contributed by atoms with Crippen molar-refractivity contribution in [1.82, 2.24) is 24.1 Å². The van der Waals surface area contributed by atoms with Gasteiger partial charge in [0.2, 0.25) is 5.91 Å². The Labute approximate surface area is 178 Å². The molecule has 156 valence electrons. The summed E-state index contributed by atoms with van der Waals surface area (Å²) in [5.74, 6) is 2.31. The van der Waals surface area contributed by atoms with Crippen molar-refractivity contribution in [3.05, 3.63) is 60.4 Å². The Morgan fingerprint density at radius 3 is 2.73 bits per heavy atom. The molecule has 5 N–H and O–H groups in total. The summed E-state index contributed by atoms with van der Waals surface area (Å²) in [6.07, 6.45) is 5.73. The van der Waals surface area contributed by atoms with Gasteiger partial charge in [-0.3, -0.25) is 14.5 Å². The third-order valence-corrected chi connectivity index (χ3v) is 5.37. The predicted molar refractivity (Wildman–Crippen MR) is 118 cm³/mol. The number of hydrogen-bond donors (Lipinski definition) is 4. The van der Waals surface area contributed by atoms with Crippen molar-refractivity contribution >= 4 is 35.2 Å². The average Bonchev–Trinajstić information content (AvgIpc) is 3.31. The summed E-state index contributed by atoms with van der Waals surface area (Å²) in [6.45, 7) is 5.96. The van der Waals surface area contributed by atoms with E-state index in [0.717, 1.165) is 28.1 Å². The van der Waals surface area contributed by atoms with E-state index in [9.17, 15) is 4.79 Å². The molecular weight excluding hydrogens is 400 g/mol. The minimum Gasteiger partial charge on any atom is -0.325 e. The van der Waals surface area contributed by atoms with E-state index in [1.54, 1.807) is 32.0 Å². The van der Waals surface area contributed by atoms with Crippen molar-refractivity contribution < 1.29 is 4.79 Å². The standard InChI is InChI=1S/C20H24N8OS/c1-13-10-16(26-25-13)24-18-12-27(11-17-22-8-9-28(17)18)30-15-6-4-14(5-7-15)23-19(29)20(2,3)21/h4-10,12H,11,21H2,1-3H3,(H,23,29)(H2,24,25,26). The number of aromatic amines is 1. The maximum atomic E-state index is 12.0. The minimum atomic E-state index is -0.926. The van der Waals surface area contributed by atoms with Gasteiger partial charge < -0.3 is 20.7 Å². The second kappa shape index (κ2) is 7.88. The first-order chi connectivity index (χ1) is 14.3. The molecule has 0 saturated carbocycles. The molecule has 9 nitrogen and oxygen atoms in total. The van der Waals surface area contributed by atoms with Gasteiger partial charge in [0, 0.05) is 34.7 Å². The van der Waals surface area contributed by atoms with E-state index < -0.39 is 5.54 Å². The molecule has 3 aromatic rings. The Balaban J connectivity index is 1.47. The van der Waals surface area contributed by atoms with E-state index in [-0.39, 0.29) is 5.91 Å². The smallest absolute Gasteiger partial charge is 0.243 e. The number of aryl methyl sites for hydroxylation is 1. The number of aromatic nitrogens is 4. The fourth-order valence-corrected chi connectivity index (χ4v) is 3.71. The number of carbonyl (C=O) groups excluding carboxylic acids is 1. The molecule has 2 aromatic heterocycles. The molecule has 3 heterocycles. The van der Waals surface area contributed by atoms with Crippen LogP contribution in [0.1, 0.15) is 25.4 Å². The van der Waals surface area contributed by atoms with Gasteiger partial charge in [0.25, 0.3) is 0 Å². The highest BCUT2D eigenvalue weighted by Crippen LogP contribution is 2.30. The fourth-order valence-electron chi connectivity index (χ4n) is 2.85. The molecule has 0 saturated heterocycles. The van der Waals surface area contributed by atoms with E-state index in [2.05, 4.69) is 30.1 Å². The summed E-state index contributed by atoms with van der Waals surface area (Å²) in [6, 6.07) is 9.60. The van der Waals surface area contributed by atoms with Crippen LogP contribution >= 0.6 is 11.9 Å². The Morgan fingerprint density at radius 2 is 2.07 bits per heavy atom. The van der Waals surface area contributed by atoms with Gasteiger partial charge in [0.1, 0.15) is 11.6 Å². The second-order valence-electron chi connectivity index (χ2n) is 7.66. The predicted octanol–water partition coefficient (Wildman–Crippen LogP) is 2.98. The lowest BCUT2D eigenvalue weighted by atomic mass is 10.1.